The summed E-state index contributed by atoms with van der Waals surface area (Å²) in [6, 6.07) is -0.714. The third-order valence-corrected chi connectivity index (χ3v) is 4.65. The van der Waals surface area contributed by atoms with Crippen molar-refractivity contribution >= 4 is 17.8 Å². The summed E-state index contributed by atoms with van der Waals surface area (Å²) in [5.74, 6) is -0.961. The van der Waals surface area contributed by atoms with Crippen LogP contribution in [0.15, 0.2) is 0 Å². The quantitative estimate of drug-likeness (QED) is 0.823. The maximum Gasteiger partial charge on any atom is 0.326 e. The summed E-state index contributed by atoms with van der Waals surface area (Å²) in [6.07, 6.45) is 2.90. The Morgan fingerprint density at radius 3 is 2.48 bits per heavy atom. The van der Waals surface area contributed by atoms with Gasteiger partial charge in [0.2, 0.25) is 11.8 Å². The minimum Gasteiger partial charge on any atom is -0.480 e. The van der Waals surface area contributed by atoms with E-state index in [-0.39, 0.29) is 17.7 Å². The fraction of sp³-hybridized carbons (Fsp3) is 0.800. The number of piperidine rings is 2. The number of carbonyl (C=O) groups excluding carboxylic acids is 2. The van der Waals surface area contributed by atoms with Crippen molar-refractivity contribution in [1.82, 2.24) is 9.80 Å². The number of hydrogen-bond donors (Lipinski definition) is 1. The molecule has 2 saturated heterocycles. The lowest BCUT2D eigenvalue weighted by molar-refractivity contribution is -0.156. The molecule has 0 spiro atoms. The molecule has 6 nitrogen and oxygen atoms in total. The second-order valence-electron chi connectivity index (χ2n) is 6.32. The number of aliphatic carboxylic acids is 1. The SMILES string of the molecule is CC(=O)N1CCCC(C(=O)N2CCC(C)CC2C(=O)O)C1. The summed E-state index contributed by atoms with van der Waals surface area (Å²) in [4.78, 5) is 38.8. The van der Waals surface area contributed by atoms with Crippen LogP contribution in [-0.2, 0) is 14.4 Å². The van der Waals surface area contributed by atoms with Gasteiger partial charge >= 0.3 is 5.97 Å². The van der Waals surface area contributed by atoms with Gasteiger partial charge in [0.15, 0.2) is 0 Å². The summed E-state index contributed by atoms with van der Waals surface area (Å²) in [6.45, 7) is 5.16. The lowest BCUT2D eigenvalue weighted by atomic mass is 9.89. The standard InChI is InChI=1S/C15H24N2O4/c1-10-5-7-17(13(8-10)15(20)21)14(19)12-4-3-6-16(9-12)11(2)18/h10,12-13H,3-9H2,1-2H3,(H,20,21). The molecule has 0 radical (unpaired) electrons. The Labute approximate surface area is 125 Å². The Kier molecular flexibility index (Phi) is 4.85. The van der Waals surface area contributed by atoms with Crippen LogP contribution in [0.5, 0.6) is 0 Å². The van der Waals surface area contributed by atoms with E-state index in [1.54, 1.807) is 4.90 Å². The lowest BCUT2D eigenvalue weighted by Gasteiger charge is -2.40. The molecule has 2 heterocycles. The van der Waals surface area contributed by atoms with Crippen LogP contribution in [0.1, 0.15) is 39.5 Å². The molecule has 0 aliphatic carbocycles. The number of likely N-dealkylation sites (tertiary alicyclic amines) is 2. The van der Waals surface area contributed by atoms with Gasteiger partial charge in [-0.2, -0.15) is 0 Å². The summed E-state index contributed by atoms with van der Waals surface area (Å²) in [7, 11) is 0. The van der Waals surface area contributed by atoms with E-state index in [4.69, 9.17) is 0 Å². The Balaban J connectivity index is 2.07. The molecule has 3 unspecified atom stereocenters. The van der Waals surface area contributed by atoms with Crippen LogP contribution in [0.4, 0.5) is 0 Å². The Morgan fingerprint density at radius 1 is 1.14 bits per heavy atom. The van der Waals surface area contributed by atoms with Crippen molar-refractivity contribution in [2.45, 2.75) is 45.6 Å². The fourth-order valence-electron chi connectivity index (χ4n) is 3.34. The van der Waals surface area contributed by atoms with Gasteiger partial charge in [0.05, 0.1) is 5.92 Å². The predicted molar refractivity (Wildman–Crippen MR) is 76.5 cm³/mol. The second-order valence-corrected chi connectivity index (χ2v) is 6.32. The third kappa shape index (κ3) is 3.54. The van der Waals surface area contributed by atoms with E-state index in [1.807, 2.05) is 6.92 Å². The van der Waals surface area contributed by atoms with Crippen LogP contribution in [0, 0.1) is 11.8 Å². The molecule has 0 aromatic carbocycles. The van der Waals surface area contributed by atoms with Crippen molar-refractivity contribution in [3.05, 3.63) is 0 Å². The fourth-order valence-corrected chi connectivity index (χ4v) is 3.34. The van der Waals surface area contributed by atoms with Crippen LogP contribution in [0.25, 0.3) is 0 Å². The topological polar surface area (TPSA) is 77.9 Å². The van der Waals surface area contributed by atoms with Gasteiger partial charge in [-0.3, -0.25) is 9.59 Å². The summed E-state index contributed by atoms with van der Waals surface area (Å²) < 4.78 is 0. The molecule has 118 valence electrons. The van der Waals surface area contributed by atoms with E-state index in [0.717, 1.165) is 19.3 Å². The molecule has 2 aliphatic rings. The van der Waals surface area contributed by atoms with Crippen LogP contribution >= 0.6 is 0 Å². The van der Waals surface area contributed by atoms with Gasteiger partial charge in [0.25, 0.3) is 0 Å². The van der Waals surface area contributed by atoms with Crippen molar-refractivity contribution in [2.75, 3.05) is 19.6 Å². The first kappa shape index (κ1) is 15.8. The first-order chi connectivity index (χ1) is 9.90. The minimum atomic E-state index is -0.922. The van der Waals surface area contributed by atoms with E-state index in [1.165, 1.54) is 11.8 Å². The van der Waals surface area contributed by atoms with E-state index < -0.39 is 12.0 Å². The summed E-state index contributed by atoms with van der Waals surface area (Å²) in [5, 5.41) is 9.36. The molecule has 2 rings (SSSR count). The predicted octanol–water partition coefficient (Wildman–Crippen LogP) is 0.957. The number of rotatable bonds is 2. The van der Waals surface area contributed by atoms with Gasteiger partial charge in [-0.1, -0.05) is 6.92 Å². The van der Waals surface area contributed by atoms with E-state index in [9.17, 15) is 19.5 Å². The Hall–Kier alpha value is -1.59. The second kappa shape index (κ2) is 6.45. The molecular formula is C15H24N2O4. The zero-order chi connectivity index (χ0) is 15.6. The third-order valence-electron chi connectivity index (χ3n) is 4.65. The van der Waals surface area contributed by atoms with Gasteiger partial charge in [0, 0.05) is 26.6 Å². The van der Waals surface area contributed by atoms with Gasteiger partial charge in [-0.15, -0.1) is 0 Å². The molecule has 0 bridgehead atoms. The number of hydrogen-bond acceptors (Lipinski definition) is 3. The number of carbonyl (C=O) groups is 3. The molecule has 21 heavy (non-hydrogen) atoms. The number of amides is 2. The molecule has 0 aromatic rings. The summed E-state index contributed by atoms with van der Waals surface area (Å²) >= 11 is 0. The highest BCUT2D eigenvalue weighted by molar-refractivity contribution is 5.86. The van der Waals surface area contributed by atoms with Crippen LogP contribution in [0.2, 0.25) is 0 Å². The Bertz CT molecular complexity index is 437. The number of nitrogens with zero attached hydrogens (tertiary/aromatic N) is 2. The molecule has 0 aromatic heterocycles. The van der Waals surface area contributed by atoms with E-state index >= 15 is 0 Å². The molecule has 2 fully saturated rings. The monoisotopic (exact) mass is 296 g/mol. The summed E-state index contributed by atoms with van der Waals surface area (Å²) in [5.41, 5.74) is 0. The van der Waals surface area contributed by atoms with Crippen molar-refractivity contribution < 1.29 is 19.5 Å². The lowest BCUT2D eigenvalue weighted by Crippen LogP contribution is -2.54. The molecule has 0 saturated carbocycles. The maximum atomic E-state index is 12.7. The molecule has 2 amide bonds. The van der Waals surface area contributed by atoms with Gasteiger partial charge in [0.1, 0.15) is 6.04 Å². The van der Waals surface area contributed by atoms with Crippen molar-refractivity contribution in [1.29, 1.82) is 0 Å². The van der Waals surface area contributed by atoms with Crippen molar-refractivity contribution in [3.8, 4) is 0 Å². The van der Waals surface area contributed by atoms with Gasteiger partial charge in [-0.05, 0) is 31.6 Å². The molecule has 3 atom stereocenters. The van der Waals surface area contributed by atoms with E-state index in [2.05, 4.69) is 0 Å². The molecule has 2 aliphatic heterocycles. The van der Waals surface area contributed by atoms with Crippen LogP contribution in [-0.4, -0.2) is 58.4 Å². The zero-order valence-electron chi connectivity index (χ0n) is 12.7. The highest BCUT2D eigenvalue weighted by Crippen LogP contribution is 2.27. The average Bonchev–Trinajstić information content (AvgIpc) is 2.46. The smallest absolute Gasteiger partial charge is 0.326 e. The highest BCUT2D eigenvalue weighted by Gasteiger charge is 2.38. The minimum absolute atomic E-state index is 0.0189. The highest BCUT2D eigenvalue weighted by atomic mass is 16.4. The van der Waals surface area contributed by atoms with Gasteiger partial charge < -0.3 is 14.9 Å². The van der Waals surface area contributed by atoms with Crippen LogP contribution < -0.4 is 0 Å². The number of carboxylic acid groups (broad SMARTS) is 1. The molecule has 1 N–H and O–H groups in total. The van der Waals surface area contributed by atoms with Crippen molar-refractivity contribution in [3.63, 3.8) is 0 Å². The Morgan fingerprint density at radius 2 is 1.86 bits per heavy atom. The first-order valence-corrected chi connectivity index (χ1v) is 7.69. The first-order valence-electron chi connectivity index (χ1n) is 7.69. The largest absolute Gasteiger partial charge is 0.480 e. The average molecular weight is 296 g/mol. The number of carboxylic acids is 1. The molecular weight excluding hydrogens is 272 g/mol. The van der Waals surface area contributed by atoms with Crippen LogP contribution in [0.3, 0.4) is 0 Å². The zero-order valence-corrected chi connectivity index (χ0v) is 12.7. The molecule has 6 heteroatoms. The van der Waals surface area contributed by atoms with Crippen molar-refractivity contribution in [2.24, 2.45) is 11.8 Å². The normalized spacial score (nSPS) is 30.1. The maximum absolute atomic E-state index is 12.7. The van der Waals surface area contributed by atoms with E-state index in [0.29, 0.717) is 32.0 Å². The van der Waals surface area contributed by atoms with Gasteiger partial charge in [-0.25, -0.2) is 4.79 Å².